The fourth-order valence-electron chi connectivity index (χ4n) is 2.17. The molecule has 0 radical (unpaired) electrons. The van der Waals surface area contributed by atoms with Gasteiger partial charge in [0.25, 0.3) is 0 Å². The number of rotatable bonds is 4. The van der Waals surface area contributed by atoms with Crippen molar-refractivity contribution in [1.82, 2.24) is 0 Å². The van der Waals surface area contributed by atoms with Gasteiger partial charge in [-0.3, -0.25) is 4.79 Å². The van der Waals surface area contributed by atoms with Gasteiger partial charge in [-0.05, 0) is 19.4 Å². The van der Waals surface area contributed by atoms with Crippen LogP contribution >= 0.6 is 0 Å². The van der Waals surface area contributed by atoms with Crippen molar-refractivity contribution in [2.45, 2.75) is 31.8 Å². The van der Waals surface area contributed by atoms with E-state index < -0.39 is 11.6 Å². The van der Waals surface area contributed by atoms with Crippen molar-refractivity contribution in [3.63, 3.8) is 0 Å². The van der Waals surface area contributed by atoms with Gasteiger partial charge in [0.05, 0.1) is 7.11 Å². The highest BCUT2D eigenvalue weighted by Crippen LogP contribution is 2.43. The molecule has 1 aromatic carbocycles. The molecule has 4 heteroatoms. The molecule has 1 aromatic rings. The molecule has 2 rings (SSSR count). The Kier molecular flexibility index (Phi) is 2.96. The summed E-state index contributed by atoms with van der Waals surface area (Å²) in [6, 6.07) is 5.76. The quantitative estimate of drug-likeness (QED) is 0.871. The maximum Gasteiger partial charge on any atom is 0.303 e. The largest absolute Gasteiger partial charge is 0.493 e. The fourth-order valence-corrected chi connectivity index (χ4v) is 2.17. The molecule has 0 saturated heterocycles. The van der Waals surface area contributed by atoms with Gasteiger partial charge in [-0.25, -0.2) is 0 Å². The second-order valence-electron chi connectivity index (χ2n) is 4.57. The zero-order valence-electron chi connectivity index (χ0n) is 10.0. The molecule has 0 amide bonds. The molecule has 1 N–H and O–H groups in total. The molecule has 1 unspecified atom stereocenters. The number of carboxylic acid groups (broad SMARTS) is 1. The number of fused-ring (bicyclic) bond motifs is 1. The van der Waals surface area contributed by atoms with Crippen LogP contribution in [-0.2, 0) is 11.2 Å². The van der Waals surface area contributed by atoms with Gasteiger partial charge in [0.15, 0.2) is 11.5 Å². The normalized spacial score (nSPS) is 21.8. The number of para-hydroxylation sites is 1. The van der Waals surface area contributed by atoms with Crippen LogP contribution in [0.4, 0.5) is 0 Å². The summed E-state index contributed by atoms with van der Waals surface area (Å²) in [5.74, 6) is 0.669. The van der Waals surface area contributed by atoms with E-state index in [9.17, 15) is 4.79 Å². The fraction of sp³-hybridized carbons (Fsp3) is 0.462. The number of benzene rings is 1. The Balaban J connectivity index is 2.17. The minimum Gasteiger partial charge on any atom is -0.493 e. The molecule has 1 aliphatic rings. The Morgan fingerprint density at radius 2 is 2.35 bits per heavy atom. The van der Waals surface area contributed by atoms with Crippen molar-refractivity contribution in [3.05, 3.63) is 23.8 Å². The molecule has 1 heterocycles. The summed E-state index contributed by atoms with van der Waals surface area (Å²) < 4.78 is 11.1. The summed E-state index contributed by atoms with van der Waals surface area (Å²) in [4.78, 5) is 10.6. The van der Waals surface area contributed by atoms with E-state index in [-0.39, 0.29) is 6.42 Å². The summed E-state index contributed by atoms with van der Waals surface area (Å²) >= 11 is 0. The Bertz CT molecular complexity index is 441. The molecule has 1 atom stereocenters. The lowest BCUT2D eigenvalue weighted by molar-refractivity contribution is -0.138. The van der Waals surface area contributed by atoms with Crippen molar-refractivity contribution in [2.75, 3.05) is 7.11 Å². The maximum atomic E-state index is 10.6. The maximum absolute atomic E-state index is 10.6. The third kappa shape index (κ3) is 2.35. The molecular weight excluding hydrogens is 220 g/mol. The predicted molar refractivity (Wildman–Crippen MR) is 62.6 cm³/mol. The van der Waals surface area contributed by atoms with Crippen LogP contribution in [-0.4, -0.2) is 23.8 Å². The molecule has 0 aliphatic carbocycles. The molecular formula is C13H16O4. The lowest BCUT2D eigenvalue weighted by Gasteiger charge is -2.23. The molecule has 0 bridgehead atoms. The SMILES string of the molecule is COc1cccc2c1OC(C)(CCC(=O)O)C2. The monoisotopic (exact) mass is 236 g/mol. The Labute approximate surface area is 100 Å². The van der Waals surface area contributed by atoms with E-state index in [1.165, 1.54) is 0 Å². The first-order valence-corrected chi connectivity index (χ1v) is 5.61. The van der Waals surface area contributed by atoms with Gasteiger partial charge in [0.2, 0.25) is 0 Å². The van der Waals surface area contributed by atoms with Crippen molar-refractivity contribution in [3.8, 4) is 11.5 Å². The summed E-state index contributed by atoms with van der Waals surface area (Å²) in [7, 11) is 1.60. The summed E-state index contributed by atoms with van der Waals surface area (Å²) in [6.07, 6.45) is 1.35. The van der Waals surface area contributed by atoms with E-state index in [0.29, 0.717) is 12.2 Å². The number of aliphatic carboxylic acids is 1. The Morgan fingerprint density at radius 3 is 3.00 bits per heavy atom. The number of hydrogen-bond acceptors (Lipinski definition) is 3. The highest BCUT2D eigenvalue weighted by molar-refractivity contribution is 5.66. The molecule has 0 aromatic heterocycles. The highest BCUT2D eigenvalue weighted by Gasteiger charge is 2.36. The zero-order valence-corrected chi connectivity index (χ0v) is 10.0. The first-order chi connectivity index (χ1) is 8.04. The van der Waals surface area contributed by atoms with Gasteiger partial charge >= 0.3 is 5.97 Å². The van der Waals surface area contributed by atoms with Crippen LogP contribution in [0.2, 0.25) is 0 Å². The second-order valence-corrected chi connectivity index (χ2v) is 4.57. The topological polar surface area (TPSA) is 55.8 Å². The summed E-state index contributed by atoms with van der Waals surface area (Å²) in [5.41, 5.74) is 0.646. The number of ether oxygens (including phenoxy) is 2. The number of carbonyl (C=O) groups is 1. The predicted octanol–water partition coefficient (Wildman–Crippen LogP) is 2.25. The third-order valence-electron chi connectivity index (χ3n) is 3.06. The van der Waals surface area contributed by atoms with Gasteiger partial charge in [0, 0.05) is 18.4 Å². The first kappa shape index (κ1) is 11.8. The van der Waals surface area contributed by atoms with Crippen LogP contribution in [0.25, 0.3) is 0 Å². The van der Waals surface area contributed by atoms with Crippen molar-refractivity contribution in [2.24, 2.45) is 0 Å². The summed E-state index contributed by atoms with van der Waals surface area (Å²) in [5, 5.41) is 8.73. The average Bonchev–Trinajstić information content (AvgIpc) is 2.63. The van der Waals surface area contributed by atoms with Crippen molar-refractivity contribution >= 4 is 5.97 Å². The van der Waals surface area contributed by atoms with Crippen LogP contribution in [0.1, 0.15) is 25.3 Å². The lowest BCUT2D eigenvalue weighted by atomic mass is 9.94. The third-order valence-corrected chi connectivity index (χ3v) is 3.06. The van der Waals surface area contributed by atoms with Crippen LogP contribution in [0.15, 0.2) is 18.2 Å². The van der Waals surface area contributed by atoms with E-state index >= 15 is 0 Å². The minimum absolute atomic E-state index is 0.118. The lowest BCUT2D eigenvalue weighted by Crippen LogP contribution is -2.30. The van der Waals surface area contributed by atoms with E-state index in [2.05, 4.69) is 0 Å². The van der Waals surface area contributed by atoms with Crippen molar-refractivity contribution in [1.29, 1.82) is 0 Å². The van der Waals surface area contributed by atoms with E-state index in [1.54, 1.807) is 7.11 Å². The first-order valence-electron chi connectivity index (χ1n) is 5.61. The number of methoxy groups -OCH3 is 1. The number of carboxylic acids is 1. The highest BCUT2D eigenvalue weighted by atomic mass is 16.5. The second kappa shape index (κ2) is 4.28. The molecule has 4 nitrogen and oxygen atoms in total. The van der Waals surface area contributed by atoms with Crippen LogP contribution in [0.3, 0.4) is 0 Å². The number of hydrogen-bond donors (Lipinski definition) is 1. The van der Waals surface area contributed by atoms with Gasteiger partial charge in [-0.1, -0.05) is 12.1 Å². The van der Waals surface area contributed by atoms with E-state index in [0.717, 1.165) is 17.7 Å². The summed E-state index contributed by atoms with van der Waals surface area (Å²) in [6.45, 7) is 1.94. The molecule has 17 heavy (non-hydrogen) atoms. The van der Waals surface area contributed by atoms with Crippen LogP contribution < -0.4 is 9.47 Å². The Hall–Kier alpha value is -1.71. The van der Waals surface area contributed by atoms with Crippen molar-refractivity contribution < 1.29 is 19.4 Å². The molecule has 0 spiro atoms. The minimum atomic E-state index is -0.794. The van der Waals surface area contributed by atoms with Crippen LogP contribution in [0.5, 0.6) is 11.5 Å². The van der Waals surface area contributed by atoms with E-state index in [1.807, 2.05) is 25.1 Å². The van der Waals surface area contributed by atoms with Crippen LogP contribution in [0, 0.1) is 0 Å². The molecule has 0 fully saturated rings. The van der Waals surface area contributed by atoms with Gasteiger partial charge < -0.3 is 14.6 Å². The molecule has 1 aliphatic heterocycles. The van der Waals surface area contributed by atoms with Gasteiger partial charge in [0.1, 0.15) is 5.60 Å². The van der Waals surface area contributed by atoms with E-state index in [4.69, 9.17) is 14.6 Å². The standard InChI is InChI=1S/C13H16O4/c1-13(7-6-11(14)15)8-9-4-3-5-10(16-2)12(9)17-13/h3-5H,6-8H2,1-2H3,(H,14,15). The van der Waals surface area contributed by atoms with Gasteiger partial charge in [-0.15, -0.1) is 0 Å². The Morgan fingerprint density at radius 1 is 1.59 bits per heavy atom. The molecule has 0 saturated carbocycles. The van der Waals surface area contributed by atoms with Gasteiger partial charge in [-0.2, -0.15) is 0 Å². The molecule has 92 valence electrons. The zero-order chi connectivity index (χ0) is 12.5. The average molecular weight is 236 g/mol. The smallest absolute Gasteiger partial charge is 0.303 e.